The first-order chi connectivity index (χ1) is 4.04. The van der Waals surface area contributed by atoms with Crippen molar-refractivity contribution < 1.29 is 14.0 Å². The maximum absolute atomic E-state index is 10.00. The summed E-state index contributed by atoms with van der Waals surface area (Å²) in [5.74, 6) is 0.0751. The summed E-state index contributed by atoms with van der Waals surface area (Å²) in [6, 6.07) is 0. The molecular formula is C4H12NO3P. The Morgan fingerprint density at radius 2 is 2.11 bits per heavy atom. The molecule has 5 heteroatoms. The Kier molecular flexibility index (Phi) is 4.06. The highest BCUT2D eigenvalue weighted by Crippen LogP contribution is 2.18. The van der Waals surface area contributed by atoms with Crippen molar-refractivity contribution in [1.82, 2.24) is 0 Å². The summed E-state index contributed by atoms with van der Waals surface area (Å²) in [6.07, 6.45) is -0.624. The average molecular weight is 153 g/mol. The smallest absolute Gasteiger partial charge is 0.318 e. The van der Waals surface area contributed by atoms with Crippen LogP contribution in [-0.2, 0) is 9.09 Å². The van der Waals surface area contributed by atoms with Crippen molar-refractivity contribution in [3.63, 3.8) is 0 Å². The highest BCUT2D eigenvalue weighted by molar-refractivity contribution is 7.32. The van der Waals surface area contributed by atoms with Crippen molar-refractivity contribution in [3.05, 3.63) is 0 Å². The van der Waals surface area contributed by atoms with Crippen LogP contribution < -0.4 is 5.73 Å². The van der Waals surface area contributed by atoms with Crippen LogP contribution in [-0.4, -0.2) is 11.1 Å². The molecular weight excluding hydrogens is 141 g/mol. The lowest BCUT2D eigenvalue weighted by molar-refractivity contribution is 0.149. The van der Waals surface area contributed by atoms with Crippen LogP contribution >= 0.6 is 8.25 Å². The van der Waals surface area contributed by atoms with Crippen LogP contribution in [0.5, 0.6) is 0 Å². The van der Waals surface area contributed by atoms with E-state index in [-0.39, 0.29) is 5.92 Å². The summed E-state index contributed by atoms with van der Waals surface area (Å²) in [5.41, 5.74) is 5.26. The molecule has 9 heavy (non-hydrogen) atoms. The summed E-state index contributed by atoms with van der Waals surface area (Å²) in [7, 11) is -2.85. The van der Waals surface area contributed by atoms with Crippen LogP contribution in [0, 0.1) is 5.92 Å². The van der Waals surface area contributed by atoms with Gasteiger partial charge in [0.1, 0.15) is 6.23 Å². The molecule has 0 bridgehead atoms. The minimum absolute atomic E-state index is 0.0751. The fourth-order valence-electron chi connectivity index (χ4n) is 0.252. The van der Waals surface area contributed by atoms with Crippen molar-refractivity contribution >= 4 is 8.25 Å². The second-order valence-corrected chi connectivity index (χ2v) is 2.86. The van der Waals surface area contributed by atoms with Gasteiger partial charge in [0.15, 0.2) is 0 Å². The fourth-order valence-corrected chi connectivity index (χ4v) is 0.757. The molecule has 0 aromatic carbocycles. The molecule has 2 atom stereocenters. The van der Waals surface area contributed by atoms with Crippen molar-refractivity contribution in [3.8, 4) is 0 Å². The van der Waals surface area contributed by atoms with E-state index in [1.54, 1.807) is 0 Å². The third-order valence-electron chi connectivity index (χ3n) is 0.894. The lowest BCUT2D eigenvalue weighted by Crippen LogP contribution is -2.26. The maximum Gasteiger partial charge on any atom is 0.318 e. The zero-order valence-corrected chi connectivity index (χ0v) is 6.50. The van der Waals surface area contributed by atoms with Crippen LogP contribution in [0.3, 0.4) is 0 Å². The third kappa shape index (κ3) is 4.60. The predicted octanol–water partition coefficient (Wildman–Crippen LogP) is 0.326. The highest BCUT2D eigenvalue weighted by atomic mass is 31.1. The molecule has 0 aliphatic carbocycles. The van der Waals surface area contributed by atoms with Gasteiger partial charge in [-0.25, -0.2) is 0 Å². The van der Waals surface area contributed by atoms with Crippen molar-refractivity contribution in [2.45, 2.75) is 20.1 Å². The molecule has 0 aliphatic rings. The van der Waals surface area contributed by atoms with E-state index in [1.165, 1.54) is 0 Å². The molecule has 0 rings (SSSR count). The monoisotopic (exact) mass is 153 g/mol. The molecule has 0 aliphatic heterocycles. The third-order valence-corrected chi connectivity index (χ3v) is 1.37. The zero-order chi connectivity index (χ0) is 7.44. The van der Waals surface area contributed by atoms with E-state index < -0.39 is 14.5 Å². The molecule has 0 aromatic heterocycles. The number of rotatable bonds is 3. The van der Waals surface area contributed by atoms with Gasteiger partial charge in [-0.15, -0.1) is 0 Å². The molecule has 56 valence electrons. The SMILES string of the molecule is CC(C)[C@H](N)O[PH](=O)O. The summed E-state index contributed by atoms with van der Waals surface area (Å²) < 4.78 is 14.4. The largest absolute Gasteiger partial charge is 0.326 e. The van der Waals surface area contributed by atoms with Crippen LogP contribution in [0.15, 0.2) is 0 Å². The quantitative estimate of drug-likeness (QED) is 0.452. The average Bonchev–Trinajstić information content (AvgIpc) is 1.63. The van der Waals surface area contributed by atoms with E-state index >= 15 is 0 Å². The van der Waals surface area contributed by atoms with Gasteiger partial charge in [-0.3, -0.25) is 9.09 Å². The Morgan fingerprint density at radius 3 is 2.22 bits per heavy atom. The van der Waals surface area contributed by atoms with Gasteiger partial charge in [-0.1, -0.05) is 13.8 Å². The van der Waals surface area contributed by atoms with Crippen molar-refractivity contribution in [1.29, 1.82) is 0 Å². The highest BCUT2D eigenvalue weighted by Gasteiger charge is 2.08. The topological polar surface area (TPSA) is 72.5 Å². The van der Waals surface area contributed by atoms with E-state index in [4.69, 9.17) is 10.6 Å². The van der Waals surface area contributed by atoms with Crippen LogP contribution in [0.2, 0.25) is 0 Å². The van der Waals surface area contributed by atoms with Crippen LogP contribution in [0.4, 0.5) is 0 Å². The van der Waals surface area contributed by atoms with Gasteiger partial charge >= 0.3 is 8.25 Å². The second kappa shape index (κ2) is 4.01. The summed E-state index contributed by atoms with van der Waals surface area (Å²) in [6.45, 7) is 3.63. The Hall–Kier alpha value is 0.110. The number of hydrogen-bond donors (Lipinski definition) is 2. The molecule has 3 N–H and O–H groups in total. The Labute approximate surface area is 55.0 Å². The minimum atomic E-state index is -2.85. The molecule has 0 spiro atoms. The summed E-state index contributed by atoms with van der Waals surface area (Å²) in [4.78, 5) is 8.22. The molecule has 0 amide bonds. The maximum atomic E-state index is 10.00. The normalized spacial score (nSPS) is 17.9. The van der Waals surface area contributed by atoms with Crippen LogP contribution in [0.1, 0.15) is 13.8 Å². The van der Waals surface area contributed by atoms with E-state index in [0.29, 0.717) is 0 Å². The molecule has 0 saturated carbocycles. The molecule has 0 aromatic rings. The number of hydrogen-bond acceptors (Lipinski definition) is 3. The van der Waals surface area contributed by atoms with Gasteiger partial charge < -0.3 is 10.6 Å². The van der Waals surface area contributed by atoms with Gasteiger partial charge in [0, 0.05) is 0 Å². The minimum Gasteiger partial charge on any atom is -0.326 e. The van der Waals surface area contributed by atoms with Gasteiger partial charge in [-0.05, 0) is 5.92 Å². The Balaban J connectivity index is 3.50. The summed E-state index contributed by atoms with van der Waals surface area (Å²) in [5, 5.41) is 0. The van der Waals surface area contributed by atoms with Gasteiger partial charge in [0.25, 0.3) is 0 Å². The lowest BCUT2D eigenvalue weighted by atomic mass is 10.2. The Morgan fingerprint density at radius 1 is 1.67 bits per heavy atom. The van der Waals surface area contributed by atoms with Crippen molar-refractivity contribution in [2.75, 3.05) is 0 Å². The number of nitrogens with two attached hydrogens (primary N) is 1. The van der Waals surface area contributed by atoms with E-state index in [0.717, 1.165) is 0 Å². The van der Waals surface area contributed by atoms with E-state index in [9.17, 15) is 4.57 Å². The first-order valence-corrected chi connectivity index (χ1v) is 3.95. The standard InChI is InChI=1S/C4H12NO3P/c1-3(2)4(5)8-9(6)7/h3-4,9H,5H2,1-2H3,(H,6,7)/t4-/m1/s1. The van der Waals surface area contributed by atoms with Gasteiger partial charge in [0.05, 0.1) is 0 Å². The predicted molar refractivity (Wildman–Crippen MR) is 35.1 cm³/mol. The molecule has 0 radical (unpaired) electrons. The first-order valence-electron chi connectivity index (χ1n) is 2.69. The van der Waals surface area contributed by atoms with E-state index in [2.05, 4.69) is 4.52 Å². The first kappa shape index (κ1) is 9.11. The van der Waals surface area contributed by atoms with Crippen LogP contribution in [0.25, 0.3) is 0 Å². The fraction of sp³-hybridized carbons (Fsp3) is 1.00. The van der Waals surface area contributed by atoms with Gasteiger partial charge in [0.2, 0.25) is 0 Å². The van der Waals surface area contributed by atoms with Gasteiger partial charge in [-0.2, -0.15) is 0 Å². The second-order valence-electron chi connectivity index (χ2n) is 2.09. The Bertz CT molecular complexity index is 106. The molecule has 4 nitrogen and oxygen atoms in total. The molecule has 1 unspecified atom stereocenters. The van der Waals surface area contributed by atoms with E-state index in [1.807, 2.05) is 13.8 Å². The summed E-state index contributed by atoms with van der Waals surface area (Å²) >= 11 is 0. The zero-order valence-electron chi connectivity index (χ0n) is 5.50. The molecule has 0 fully saturated rings. The van der Waals surface area contributed by atoms with Crippen molar-refractivity contribution in [2.24, 2.45) is 11.7 Å². The molecule has 0 heterocycles. The lowest BCUT2D eigenvalue weighted by Gasteiger charge is -2.12. The molecule has 0 saturated heterocycles.